The molecule has 0 aliphatic carbocycles. The number of nitrogens with zero attached hydrogens (tertiary/aromatic N) is 3. The highest BCUT2D eigenvalue weighted by atomic mass is 35.5. The Morgan fingerprint density at radius 3 is 2.30 bits per heavy atom. The molecule has 2 heterocycles. The minimum atomic E-state index is -1.08. The molecule has 4 rings (SSSR count). The van der Waals surface area contributed by atoms with Crippen LogP contribution >= 0.6 is 58.0 Å². The van der Waals surface area contributed by atoms with Crippen LogP contribution in [0.5, 0.6) is 0 Å². The summed E-state index contributed by atoms with van der Waals surface area (Å²) in [4.78, 5) is 16.1. The van der Waals surface area contributed by atoms with E-state index in [1.54, 1.807) is 30.5 Å². The van der Waals surface area contributed by atoms with Gasteiger partial charge in [0.2, 0.25) is 0 Å². The number of carbonyl (C=O) groups is 1. The molecule has 0 fully saturated rings. The zero-order valence-corrected chi connectivity index (χ0v) is 20.5. The number of benzene rings is 2. The summed E-state index contributed by atoms with van der Waals surface area (Å²) in [6.07, 6.45) is 2.28. The van der Waals surface area contributed by atoms with Crippen LogP contribution in [0.15, 0.2) is 47.7 Å². The van der Waals surface area contributed by atoms with Crippen LogP contribution in [0.3, 0.4) is 0 Å². The lowest BCUT2D eigenvalue weighted by molar-refractivity contribution is 0.215. The second-order valence-corrected chi connectivity index (χ2v) is 9.10. The molecule has 1 aliphatic heterocycles. The van der Waals surface area contributed by atoms with Gasteiger partial charge in [0.25, 0.3) is 0 Å². The molecule has 33 heavy (non-hydrogen) atoms. The van der Waals surface area contributed by atoms with Crippen molar-refractivity contribution in [3.8, 4) is 0 Å². The lowest BCUT2D eigenvalue weighted by Crippen LogP contribution is -2.41. The van der Waals surface area contributed by atoms with E-state index in [4.69, 9.17) is 58.0 Å². The van der Waals surface area contributed by atoms with Gasteiger partial charge in [0, 0.05) is 28.9 Å². The van der Waals surface area contributed by atoms with Crippen LogP contribution in [0.1, 0.15) is 28.5 Å². The van der Waals surface area contributed by atoms with Gasteiger partial charge in [-0.05, 0) is 28.8 Å². The predicted molar refractivity (Wildman–Crippen MR) is 133 cm³/mol. The Labute approximate surface area is 214 Å². The molecule has 0 bridgehead atoms. The van der Waals surface area contributed by atoms with E-state index >= 15 is 0 Å². The third-order valence-electron chi connectivity index (χ3n) is 4.98. The average Bonchev–Trinajstić information content (AvgIpc) is 2.80. The second-order valence-electron chi connectivity index (χ2n) is 7.12. The van der Waals surface area contributed by atoms with Crippen LogP contribution in [-0.4, -0.2) is 28.9 Å². The molecule has 2 amide bonds. The molecule has 0 saturated heterocycles. The zero-order valence-electron chi connectivity index (χ0n) is 16.7. The molecule has 2 aromatic carbocycles. The van der Waals surface area contributed by atoms with Gasteiger partial charge in [-0.3, -0.25) is 4.98 Å². The highest BCUT2D eigenvalue weighted by Gasteiger charge is 2.21. The molecule has 0 saturated carbocycles. The standard InChI is InChI=1S/C22H15Cl5N4O2/c23-15-8-13(31-22(33)28-5-6-30-31)9-16(24)14(15)7-11-1-3-12(4-2-11)21(32)20-19(27)18(26)17(25)10-29-20/h1-4,6,8-10,21,32H,5,7H2,(H,28,33). The molecular formula is C22H15Cl5N4O2. The maximum absolute atomic E-state index is 12.0. The quantitative estimate of drug-likeness (QED) is 0.383. The number of halogens is 5. The number of amides is 2. The highest BCUT2D eigenvalue weighted by Crippen LogP contribution is 2.36. The largest absolute Gasteiger partial charge is 0.382 e. The van der Waals surface area contributed by atoms with Gasteiger partial charge < -0.3 is 10.4 Å². The summed E-state index contributed by atoms with van der Waals surface area (Å²) in [6.45, 7) is 0.368. The molecule has 11 heteroatoms. The van der Waals surface area contributed by atoms with Crippen LogP contribution in [0.25, 0.3) is 0 Å². The molecule has 170 valence electrons. The predicted octanol–water partition coefficient (Wildman–Crippen LogP) is 6.54. The number of hydrazone groups is 1. The molecule has 1 atom stereocenters. The molecule has 3 aromatic rings. The first-order valence-electron chi connectivity index (χ1n) is 9.61. The monoisotopic (exact) mass is 542 g/mol. The fourth-order valence-electron chi connectivity index (χ4n) is 3.27. The smallest absolute Gasteiger partial charge is 0.342 e. The van der Waals surface area contributed by atoms with Crippen LogP contribution in [0.2, 0.25) is 25.1 Å². The Balaban J connectivity index is 1.55. The third-order valence-corrected chi connectivity index (χ3v) is 6.91. The molecular weight excluding hydrogens is 530 g/mol. The summed E-state index contributed by atoms with van der Waals surface area (Å²) in [5, 5.41) is 19.9. The zero-order chi connectivity index (χ0) is 23.7. The van der Waals surface area contributed by atoms with Crippen molar-refractivity contribution >= 4 is 75.9 Å². The summed E-state index contributed by atoms with van der Waals surface area (Å²) in [6, 6.07) is 10.1. The van der Waals surface area contributed by atoms with Gasteiger partial charge in [-0.2, -0.15) is 10.1 Å². The van der Waals surface area contributed by atoms with E-state index in [2.05, 4.69) is 15.4 Å². The number of aliphatic hydroxyl groups is 1. The van der Waals surface area contributed by atoms with Crippen molar-refractivity contribution in [1.29, 1.82) is 0 Å². The number of nitrogens with one attached hydrogen (secondary N) is 1. The van der Waals surface area contributed by atoms with Crippen molar-refractivity contribution in [2.75, 3.05) is 11.6 Å². The van der Waals surface area contributed by atoms with Gasteiger partial charge in [-0.25, -0.2) is 4.79 Å². The number of aromatic nitrogens is 1. The summed E-state index contributed by atoms with van der Waals surface area (Å²) in [5.74, 6) is 0. The minimum Gasteiger partial charge on any atom is -0.382 e. The van der Waals surface area contributed by atoms with E-state index < -0.39 is 6.10 Å². The number of pyridine rings is 1. The Morgan fingerprint density at radius 1 is 1.00 bits per heavy atom. The van der Waals surface area contributed by atoms with Gasteiger partial charge in [0.1, 0.15) is 6.10 Å². The van der Waals surface area contributed by atoms with E-state index in [0.29, 0.717) is 39.8 Å². The highest BCUT2D eigenvalue weighted by molar-refractivity contribution is 6.48. The Morgan fingerprint density at radius 2 is 1.67 bits per heavy atom. The number of hydrogen-bond acceptors (Lipinski definition) is 4. The summed E-state index contributed by atoms with van der Waals surface area (Å²) in [5.41, 5.74) is 2.86. The first kappa shape index (κ1) is 24.1. The van der Waals surface area contributed by atoms with E-state index in [1.807, 2.05) is 12.1 Å². The molecule has 1 aromatic heterocycles. The van der Waals surface area contributed by atoms with Gasteiger partial charge in [0.15, 0.2) is 0 Å². The number of aliphatic hydroxyl groups excluding tert-OH is 1. The number of rotatable bonds is 5. The molecule has 2 N–H and O–H groups in total. The molecule has 6 nitrogen and oxygen atoms in total. The number of urea groups is 1. The van der Waals surface area contributed by atoms with Crippen molar-refractivity contribution in [3.63, 3.8) is 0 Å². The van der Waals surface area contributed by atoms with Gasteiger partial charge in [-0.1, -0.05) is 82.3 Å². The summed E-state index contributed by atoms with van der Waals surface area (Å²) in [7, 11) is 0. The maximum Gasteiger partial charge on any atom is 0.342 e. The van der Waals surface area contributed by atoms with Crippen molar-refractivity contribution in [2.24, 2.45) is 5.10 Å². The van der Waals surface area contributed by atoms with Gasteiger partial charge in [0.05, 0.1) is 33.0 Å². The molecule has 1 aliphatic rings. The Kier molecular flexibility index (Phi) is 7.34. The fourth-order valence-corrected chi connectivity index (χ4v) is 4.48. The lowest BCUT2D eigenvalue weighted by Gasteiger charge is -2.22. The first-order valence-corrected chi connectivity index (χ1v) is 11.5. The average molecular weight is 545 g/mol. The van der Waals surface area contributed by atoms with E-state index in [9.17, 15) is 9.90 Å². The summed E-state index contributed by atoms with van der Waals surface area (Å²) >= 11 is 31.1. The van der Waals surface area contributed by atoms with Crippen molar-refractivity contribution in [1.82, 2.24) is 10.3 Å². The molecule has 0 radical (unpaired) electrons. The fraction of sp³-hybridized carbons (Fsp3) is 0.136. The number of carbonyl (C=O) groups excluding carboxylic acids is 1. The maximum atomic E-state index is 12.0. The Hall–Kier alpha value is -2.06. The van der Waals surface area contributed by atoms with Crippen LogP contribution in [-0.2, 0) is 6.42 Å². The van der Waals surface area contributed by atoms with Crippen LogP contribution < -0.4 is 10.3 Å². The van der Waals surface area contributed by atoms with Crippen LogP contribution in [0.4, 0.5) is 10.5 Å². The lowest BCUT2D eigenvalue weighted by atomic mass is 10.00. The summed E-state index contributed by atoms with van der Waals surface area (Å²) < 4.78 is 0. The van der Waals surface area contributed by atoms with E-state index in [-0.39, 0.29) is 26.8 Å². The number of hydrogen-bond donors (Lipinski definition) is 2. The normalized spacial score (nSPS) is 14.4. The van der Waals surface area contributed by atoms with Crippen molar-refractivity contribution < 1.29 is 9.90 Å². The van der Waals surface area contributed by atoms with Crippen molar-refractivity contribution in [3.05, 3.63) is 90.1 Å². The van der Waals surface area contributed by atoms with E-state index in [0.717, 1.165) is 5.56 Å². The molecule has 1 unspecified atom stereocenters. The SMILES string of the molecule is O=C1NCC=NN1c1cc(Cl)c(Cc2ccc(C(O)c3ncc(Cl)c(Cl)c3Cl)cc2)c(Cl)c1. The number of anilines is 1. The third kappa shape index (κ3) is 5.06. The van der Waals surface area contributed by atoms with Crippen molar-refractivity contribution in [2.45, 2.75) is 12.5 Å². The topological polar surface area (TPSA) is 77.8 Å². The van der Waals surface area contributed by atoms with Gasteiger partial charge in [-0.15, -0.1) is 0 Å². The van der Waals surface area contributed by atoms with E-state index in [1.165, 1.54) is 11.2 Å². The molecule has 0 spiro atoms. The Bertz CT molecular complexity index is 1230. The van der Waals surface area contributed by atoms with Crippen LogP contribution in [0, 0.1) is 0 Å². The second kappa shape index (κ2) is 10.1. The minimum absolute atomic E-state index is 0.103. The first-order chi connectivity index (χ1) is 15.8. The van der Waals surface area contributed by atoms with Gasteiger partial charge >= 0.3 is 6.03 Å².